The van der Waals surface area contributed by atoms with E-state index in [9.17, 15) is 52.8 Å². The summed E-state index contributed by atoms with van der Waals surface area (Å²) in [7, 11) is -4.59. The second kappa shape index (κ2) is 26.0. The van der Waals surface area contributed by atoms with Crippen molar-refractivity contribution >= 4 is 123 Å². The topological polar surface area (TPSA) is 183 Å². The molecule has 2 unspecified atom stereocenters. The van der Waals surface area contributed by atoms with Crippen LogP contribution >= 0.6 is 81.5 Å². The van der Waals surface area contributed by atoms with Crippen LogP contribution in [0, 0.1) is 0 Å². The predicted molar refractivity (Wildman–Crippen MR) is 291 cm³/mol. The van der Waals surface area contributed by atoms with Crippen LogP contribution in [0.1, 0.15) is 29.8 Å². The standard InChI is InChI=1S/C23H18ClF3N2O5S.C20H14BrClN2O5S.C3H4F3I.2H3P/c1-33-21-11-14(6-8-23(25,26)27)18(24)12-20(21)29-19-4-3-17(10-15(19)2-5-22(29)30)35(31,32)13-16-7-9-34-28-16;1-28-19-9-15(21)16(22)10-18(19)24-17-4-3-14(8-12(17)2-5-20(24)25)30(26,27)11-13-6-7-29-23-13;4-3(5,6)1-2-7;;/h2-5,7,9-12H,6,8,13H2,1H3;2-10H,11H2,1H3;1-2H2;2*1H3. The van der Waals surface area contributed by atoms with Gasteiger partial charge in [-0.05, 0) is 101 Å². The Bertz CT molecular complexity index is 3590. The van der Waals surface area contributed by atoms with Crippen molar-refractivity contribution in [3.63, 3.8) is 0 Å². The van der Waals surface area contributed by atoms with Gasteiger partial charge >= 0.3 is 12.4 Å². The van der Waals surface area contributed by atoms with Crippen LogP contribution in [-0.4, -0.2) is 67.3 Å². The minimum Gasteiger partial charge on any atom is -0.495 e. The van der Waals surface area contributed by atoms with E-state index in [4.69, 9.17) is 37.2 Å². The molecule has 0 saturated heterocycles. The van der Waals surface area contributed by atoms with Gasteiger partial charge in [-0.1, -0.05) is 56.1 Å². The fourth-order valence-electron chi connectivity index (χ4n) is 6.87. The van der Waals surface area contributed by atoms with Crippen molar-refractivity contribution in [2.75, 3.05) is 18.6 Å². The van der Waals surface area contributed by atoms with E-state index in [-0.39, 0.29) is 85.2 Å². The highest BCUT2D eigenvalue weighted by molar-refractivity contribution is 14.1. The molecule has 0 fully saturated rings. The molecule has 14 nitrogen and oxygen atoms in total. The number of alkyl halides is 7. The second-order valence-electron chi connectivity index (χ2n) is 15.2. The van der Waals surface area contributed by atoms with Crippen LogP contribution in [-0.2, 0) is 37.6 Å². The highest BCUT2D eigenvalue weighted by atomic mass is 127. The molecule has 4 heterocycles. The zero-order chi connectivity index (χ0) is 52.8. The maximum Gasteiger partial charge on any atom is 0.389 e. The summed E-state index contributed by atoms with van der Waals surface area (Å²) >= 11 is 17.5. The molecule has 4 aromatic heterocycles. The van der Waals surface area contributed by atoms with E-state index < -0.39 is 50.4 Å². The number of ether oxygens (including phenoxy) is 2. The first-order valence-corrected chi connectivity index (χ1v) is 26.9. The molecule has 8 aromatic rings. The van der Waals surface area contributed by atoms with E-state index >= 15 is 0 Å². The third-order valence-corrected chi connectivity index (χ3v) is 15.6. The third-order valence-electron chi connectivity index (χ3n) is 10.2. The molecule has 0 saturated carbocycles. The van der Waals surface area contributed by atoms with Gasteiger partial charge < -0.3 is 18.5 Å². The number of sulfone groups is 2. The van der Waals surface area contributed by atoms with Gasteiger partial charge in [0.2, 0.25) is 0 Å². The average Bonchev–Trinajstić information content (AvgIpc) is 4.03. The number of aromatic nitrogens is 4. The molecule has 8 rings (SSSR count). The fraction of sp³-hybridized carbons (Fsp3) is 0.217. The van der Waals surface area contributed by atoms with E-state index in [1.54, 1.807) is 46.9 Å². The molecule has 0 spiro atoms. The van der Waals surface area contributed by atoms with Crippen LogP contribution in [0.2, 0.25) is 10.0 Å². The summed E-state index contributed by atoms with van der Waals surface area (Å²) in [5, 5.41) is 8.73. The Morgan fingerprint density at radius 1 is 0.622 bits per heavy atom. The highest BCUT2D eigenvalue weighted by Gasteiger charge is 2.28. The molecular weight excluding hydrogens is 1290 g/mol. The minimum absolute atomic E-state index is 0. The third kappa shape index (κ3) is 15.8. The first kappa shape index (κ1) is 62.0. The zero-order valence-corrected chi connectivity index (χ0v) is 48.2. The summed E-state index contributed by atoms with van der Waals surface area (Å²) in [6.07, 6.45) is -7.80. The molecule has 74 heavy (non-hydrogen) atoms. The van der Waals surface area contributed by atoms with Crippen molar-refractivity contribution in [2.24, 2.45) is 0 Å². The molecule has 28 heteroatoms. The molecule has 0 bridgehead atoms. The Kier molecular flexibility index (Phi) is 21.8. The summed E-state index contributed by atoms with van der Waals surface area (Å²) in [6.45, 7) is 0. The number of pyridine rings is 2. The Morgan fingerprint density at radius 3 is 1.43 bits per heavy atom. The summed E-state index contributed by atoms with van der Waals surface area (Å²) in [4.78, 5) is 25.7. The number of methoxy groups -OCH3 is 2. The molecule has 0 aliphatic heterocycles. The van der Waals surface area contributed by atoms with Crippen molar-refractivity contribution in [1.82, 2.24) is 19.4 Å². The molecule has 0 aliphatic rings. The molecule has 2 atom stereocenters. The van der Waals surface area contributed by atoms with Gasteiger partial charge in [0.25, 0.3) is 11.1 Å². The van der Waals surface area contributed by atoms with Crippen LogP contribution in [0.4, 0.5) is 26.3 Å². The minimum atomic E-state index is -4.35. The largest absolute Gasteiger partial charge is 0.495 e. The maximum absolute atomic E-state index is 12.8. The van der Waals surface area contributed by atoms with Gasteiger partial charge in [0.15, 0.2) is 19.7 Å². The van der Waals surface area contributed by atoms with E-state index in [1.807, 2.05) is 0 Å². The first-order chi connectivity index (χ1) is 33.8. The van der Waals surface area contributed by atoms with Gasteiger partial charge in [-0.15, -0.1) is 0 Å². The van der Waals surface area contributed by atoms with Gasteiger partial charge in [0.1, 0.15) is 35.5 Å². The van der Waals surface area contributed by atoms with Crippen LogP contribution in [0.3, 0.4) is 0 Å². The van der Waals surface area contributed by atoms with Crippen molar-refractivity contribution < 1.29 is 61.7 Å². The van der Waals surface area contributed by atoms with Gasteiger partial charge in [-0.2, -0.15) is 46.1 Å². The van der Waals surface area contributed by atoms with Crippen molar-refractivity contribution in [3.8, 4) is 22.9 Å². The van der Waals surface area contributed by atoms with Crippen LogP contribution in [0.15, 0.2) is 142 Å². The number of rotatable bonds is 13. The van der Waals surface area contributed by atoms with Gasteiger partial charge in [0.05, 0.1) is 69.3 Å². The second-order valence-corrected chi connectivity index (χ2v) is 21.9. The van der Waals surface area contributed by atoms with E-state index in [1.165, 1.54) is 109 Å². The lowest BCUT2D eigenvalue weighted by Crippen LogP contribution is -2.18. The Hall–Kier alpha value is -4.55. The number of halogens is 10. The quantitative estimate of drug-likeness (QED) is 0.0461. The first-order valence-electron chi connectivity index (χ1n) is 20.5. The van der Waals surface area contributed by atoms with Crippen molar-refractivity contribution in [2.45, 2.75) is 52.9 Å². The monoisotopic (exact) mass is 1330 g/mol. The number of fused-ring (bicyclic) bond motifs is 2. The summed E-state index contributed by atoms with van der Waals surface area (Å²) in [6, 6.07) is 23.5. The predicted octanol–water partition coefficient (Wildman–Crippen LogP) is 12.0. The van der Waals surface area contributed by atoms with E-state index in [0.717, 1.165) is 0 Å². The number of hydrogen-bond donors (Lipinski definition) is 0. The van der Waals surface area contributed by atoms with E-state index in [2.05, 4.69) is 30.8 Å². The SMILES string of the molecule is COc1cc(Br)c(Cl)cc1-n1c(=O)ccc2cc(S(=O)(=O)Cc3ccon3)ccc21.COc1cc(CCC(F)(F)F)c(Cl)cc1-n1c(=O)ccc2cc(S(=O)(=O)Cc3ccon3)ccc21.FC(F)(F)CCI.P.P. The average molecular weight is 1330 g/mol. The molecule has 398 valence electrons. The summed E-state index contributed by atoms with van der Waals surface area (Å²) in [5.74, 6) is -0.0741. The summed E-state index contributed by atoms with van der Waals surface area (Å²) in [5.41, 5.74) is 1.54. The number of aryl methyl sites for hydroxylation is 1. The molecule has 0 aliphatic carbocycles. The smallest absolute Gasteiger partial charge is 0.389 e. The molecule has 0 N–H and O–H groups in total. The van der Waals surface area contributed by atoms with Gasteiger partial charge in [0, 0.05) is 55.4 Å². The Morgan fingerprint density at radius 2 is 1.05 bits per heavy atom. The lowest BCUT2D eigenvalue weighted by molar-refractivity contribution is -0.134. The van der Waals surface area contributed by atoms with Crippen LogP contribution in [0.25, 0.3) is 33.2 Å². The summed E-state index contributed by atoms with van der Waals surface area (Å²) < 4.78 is 146. The Balaban J connectivity index is 0.000000279. The van der Waals surface area contributed by atoms with Gasteiger partial charge in [-0.25, -0.2) is 16.8 Å². The lowest BCUT2D eigenvalue weighted by Gasteiger charge is -2.17. The number of benzene rings is 4. The highest BCUT2D eigenvalue weighted by Crippen LogP contribution is 2.36. The van der Waals surface area contributed by atoms with Crippen LogP contribution in [0.5, 0.6) is 11.5 Å². The Labute approximate surface area is 457 Å². The maximum atomic E-state index is 12.8. The van der Waals surface area contributed by atoms with Crippen molar-refractivity contribution in [1.29, 1.82) is 0 Å². The fourth-order valence-corrected chi connectivity index (χ4v) is 10.8. The zero-order valence-electron chi connectivity index (χ0n) is 38.5. The number of hydrogen-bond acceptors (Lipinski definition) is 12. The molecular formula is C46H42BrCl2F6IN4O10P2S2. The van der Waals surface area contributed by atoms with Gasteiger partial charge in [-0.3, -0.25) is 18.7 Å². The van der Waals surface area contributed by atoms with E-state index in [0.29, 0.717) is 48.4 Å². The van der Waals surface area contributed by atoms with Crippen LogP contribution < -0.4 is 20.6 Å². The normalized spacial score (nSPS) is 11.7. The van der Waals surface area contributed by atoms with Crippen molar-refractivity contribution in [3.05, 3.63) is 162 Å². The molecule has 4 aromatic carbocycles. The molecule has 0 radical (unpaired) electrons. The number of nitrogens with zero attached hydrogens (tertiary/aromatic N) is 4. The lowest BCUT2D eigenvalue weighted by atomic mass is 10.1. The molecule has 0 amide bonds.